The largest absolute Gasteiger partial charge is 0.507 e. The van der Waals surface area contributed by atoms with Gasteiger partial charge >= 0.3 is 0 Å². The van der Waals surface area contributed by atoms with Gasteiger partial charge in [-0.3, -0.25) is 9.89 Å². The average molecular weight is 432 g/mol. The minimum atomic E-state index is -1.25. The maximum atomic E-state index is 15.1. The second-order valence-corrected chi connectivity index (χ2v) is 7.90. The topological polar surface area (TPSA) is 111 Å². The van der Waals surface area contributed by atoms with Gasteiger partial charge in [0.25, 0.3) is 0 Å². The van der Waals surface area contributed by atoms with Gasteiger partial charge in [-0.05, 0) is 31.2 Å². The number of aromatic nitrogens is 5. The molecule has 162 valence electrons. The zero-order valence-electron chi connectivity index (χ0n) is 17.3. The standard InChI is InChI=1S/C23H21FN6O2/c1-3-20(32)30-10-16(17(24)11-30)22-21(15-9-25-27-12(15)2)14-8-18(28-29-23(14)26-22)13-6-4-5-7-19(13)31/h3-9,16-17,31H,1,10-11H2,2H3,(H,25,27)(H,26,29). The number of carbonyl (C=O) groups excluding carboxylic acids is 1. The second-order valence-electron chi connectivity index (χ2n) is 7.90. The van der Waals surface area contributed by atoms with Gasteiger partial charge in [0.1, 0.15) is 11.9 Å². The molecule has 0 spiro atoms. The molecule has 4 aromatic rings. The maximum absolute atomic E-state index is 15.1. The lowest BCUT2D eigenvalue weighted by Crippen LogP contribution is -2.27. The van der Waals surface area contributed by atoms with Gasteiger partial charge < -0.3 is 15.0 Å². The third-order valence-corrected chi connectivity index (χ3v) is 5.97. The predicted molar refractivity (Wildman–Crippen MR) is 118 cm³/mol. The number of carbonyl (C=O) groups is 1. The zero-order chi connectivity index (χ0) is 22.4. The predicted octanol–water partition coefficient (Wildman–Crippen LogP) is 3.48. The first kappa shape index (κ1) is 19.9. The van der Waals surface area contributed by atoms with Crippen LogP contribution in [0.2, 0.25) is 0 Å². The van der Waals surface area contributed by atoms with E-state index in [4.69, 9.17) is 0 Å². The number of nitrogens with zero attached hydrogens (tertiary/aromatic N) is 4. The van der Waals surface area contributed by atoms with Gasteiger partial charge in [-0.2, -0.15) is 5.10 Å². The van der Waals surface area contributed by atoms with Crippen molar-refractivity contribution in [2.24, 2.45) is 0 Å². The summed E-state index contributed by atoms with van der Waals surface area (Å²) >= 11 is 0. The zero-order valence-corrected chi connectivity index (χ0v) is 17.3. The number of phenolic OH excluding ortho intramolecular Hbond substituents is 1. The SMILES string of the molecule is C=CC(=O)N1CC(F)C(c2[nH]c3nnc(-c4ccccc4O)cc3c2-c2cn[nH]c2C)C1. The summed E-state index contributed by atoms with van der Waals surface area (Å²) in [6.07, 6.45) is 1.64. The second kappa shape index (κ2) is 7.60. The molecule has 4 heterocycles. The summed E-state index contributed by atoms with van der Waals surface area (Å²) in [7, 11) is 0. The van der Waals surface area contributed by atoms with Crippen LogP contribution < -0.4 is 0 Å². The average Bonchev–Trinajstić information content (AvgIpc) is 3.49. The Morgan fingerprint density at radius 3 is 2.81 bits per heavy atom. The number of rotatable bonds is 4. The third kappa shape index (κ3) is 3.13. The minimum Gasteiger partial charge on any atom is -0.507 e. The van der Waals surface area contributed by atoms with Crippen molar-refractivity contribution in [1.82, 2.24) is 30.3 Å². The van der Waals surface area contributed by atoms with Crippen molar-refractivity contribution < 1.29 is 14.3 Å². The Morgan fingerprint density at radius 2 is 2.09 bits per heavy atom. The molecule has 1 fully saturated rings. The van der Waals surface area contributed by atoms with E-state index in [1.807, 2.05) is 19.1 Å². The molecule has 0 bridgehead atoms. The van der Waals surface area contributed by atoms with Crippen molar-refractivity contribution in [3.05, 3.63) is 60.6 Å². The lowest BCUT2D eigenvalue weighted by Gasteiger charge is -2.14. The minimum absolute atomic E-state index is 0.00348. The fourth-order valence-corrected chi connectivity index (χ4v) is 4.35. The number of alkyl halides is 1. The molecule has 1 amide bonds. The lowest BCUT2D eigenvalue weighted by atomic mass is 9.94. The van der Waals surface area contributed by atoms with Gasteiger partial charge in [0.2, 0.25) is 5.91 Å². The number of fused-ring (bicyclic) bond motifs is 1. The van der Waals surface area contributed by atoms with Crippen molar-refractivity contribution in [1.29, 1.82) is 0 Å². The number of benzene rings is 1. The van der Waals surface area contributed by atoms with Gasteiger partial charge in [-0.1, -0.05) is 18.7 Å². The van der Waals surface area contributed by atoms with Crippen LogP contribution in [0.3, 0.4) is 0 Å². The summed E-state index contributed by atoms with van der Waals surface area (Å²) in [5, 5.41) is 26.6. The van der Waals surface area contributed by atoms with E-state index in [0.717, 1.165) is 22.2 Å². The highest BCUT2D eigenvalue weighted by molar-refractivity contribution is 5.98. The van der Waals surface area contributed by atoms with Crippen molar-refractivity contribution >= 4 is 16.9 Å². The fourth-order valence-electron chi connectivity index (χ4n) is 4.35. The number of nitrogens with one attached hydrogen (secondary N) is 2. The molecule has 1 aliphatic rings. The molecule has 5 rings (SSSR count). The van der Waals surface area contributed by atoms with Crippen molar-refractivity contribution in [3.63, 3.8) is 0 Å². The molecule has 32 heavy (non-hydrogen) atoms. The Bertz CT molecular complexity index is 1340. The molecular formula is C23H21FN6O2. The van der Waals surface area contributed by atoms with Crippen LogP contribution in [0.15, 0.2) is 49.2 Å². The number of H-pyrrole nitrogens is 2. The molecule has 0 saturated carbocycles. The molecule has 3 aromatic heterocycles. The van der Waals surface area contributed by atoms with Gasteiger partial charge in [0.05, 0.1) is 24.4 Å². The summed E-state index contributed by atoms with van der Waals surface area (Å²) in [6, 6.07) is 8.71. The summed E-state index contributed by atoms with van der Waals surface area (Å²) in [5.41, 5.74) is 4.57. The Kier molecular flexibility index (Phi) is 4.73. The number of likely N-dealkylation sites (tertiary alicyclic amines) is 1. The quantitative estimate of drug-likeness (QED) is 0.428. The molecule has 1 aromatic carbocycles. The van der Waals surface area contributed by atoms with E-state index in [9.17, 15) is 9.90 Å². The third-order valence-electron chi connectivity index (χ3n) is 5.97. The van der Waals surface area contributed by atoms with Crippen LogP contribution in [-0.4, -0.2) is 60.6 Å². The molecule has 9 heteroatoms. The van der Waals surface area contributed by atoms with Gasteiger partial charge in [0.15, 0.2) is 5.65 Å². The molecule has 2 unspecified atom stereocenters. The van der Waals surface area contributed by atoms with Crippen LogP contribution in [0.4, 0.5) is 4.39 Å². The summed E-state index contributed by atoms with van der Waals surface area (Å²) in [4.78, 5) is 16.8. The van der Waals surface area contributed by atoms with E-state index in [-0.39, 0.29) is 24.7 Å². The van der Waals surface area contributed by atoms with E-state index in [0.29, 0.717) is 22.6 Å². The normalized spacial score (nSPS) is 18.4. The van der Waals surface area contributed by atoms with Crippen LogP contribution in [0.1, 0.15) is 17.3 Å². The van der Waals surface area contributed by atoms with E-state index in [1.165, 1.54) is 11.0 Å². The van der Waals surface area contributed by atoms with Crippen LogP contribution >= 0.6 is 0 Å². The number of aromatic hydroxyl groups is 1. The highest BCUT2D eigenvalue weighted by Crippen LogP contribution is 2.41. The van der Waals surface area contributed by atoms with E-state index >= 15 is 4.39 Å². The number of hydrogen-bond donors (Lipinski definition) is 3. The van der Waals surface area contributed by atoms with Gasteiger partial charge in [-0.15, -0.1) is 10.2 Å². The number of amides is 1. The summed E-state index contributed by atoms with van der Waals surface area (Å²) < 4.78 is 15.1. The van der Waals surface area contributed by atoms with Crippen molar-refractivity contribution in [2.75, 3.05) is 13.1 Å². The number of phenols is 1. The molecule has 0 aliphatic carbocycles. The van der Waals surface area contributed by atoms with E-state index in [2.05, 4.69) is 32.0 Å². The van der Waals surface area contributed by atoms with Crippen LogP contribution in [0.25, 0.3) is 33.4 Å². The maximum Gasteiger partial charge on any atom is 0.246 e. The molecule has 1 aliphatic heterocycles. The van der Waals surface area contributed by atoms with Crippen LogP contribution in [-0.2, 0) is 4.79 Å². The first-order valence-corrected chi connectivity index (χ1v) is 10.2. The molecular weight excluding hydrogens is 411 g/mol. The van der Waals surface area contributed by atoms with Gasteiger partial charge in [0, 0.05) is 40.0 Å². The van der Waals surface area contributed by atoms with Gasteiger partial charge in [-0.25, -0.2) is 4.39 Å². The molecule has 0 radical (unpaired) electrons. The molecule has 3 N–H and O–H groups in total. The van der Waals surface area contributed by atoms with E-state index < -0.39 is 12.1 Å². The van der Waals surface area contributed by atoms with Crippen LogP contribution in [0, 0.1) is 6.92 Å². The Morgan fingerprint density at radius 1 is 1.28 bits per heavy atom. The van der Waals surface area contributed by atoms with Crippen LogP contribution in [0.5, 0.6) is 5.75 Å². The van der Waals surface area contributed by atoms with Crippen molar-refractivity contribution in [2.45, 2.75) is 19.0 Å². The van der Waals surface area contributed by atoms with Crippen molar-refractivity contribution in [3.8, 4) is 28.1 Å². The Balaban J connectivity index is 1.70. The highest BCUT2D eigenvalue weighted by Gasteiger charge is 2.39. The number of hydrogen-bond acceptors (Lipinski definition) is 5. The number of aryl methyl sites for hydroxylation is 1. The molecule has 1 saturated heterocycles. The summed E-state index contributed by atoms with van der Waals surface area (Å²) in [6.45, 7) is 5.62. The number of halogens is 1. The first-order valence-electron chi connectivity index (χ1n) is 10.2. The first-order chi connectivity index (χ1) is 15.5. The molecule has 2 atom stereocenters. The number of para-hydroxylation sites is 1. The number of aromatic amines is 2. The lowest BCUT2D eigenvalue weighted by molar-refractivity contribution is -0.125. The Labute approximate surface area is 182 Å². The fraction of sp³-hybridized carbons (Fsp3) is 0.217. The van der Waals surface area contributed by atoms with E-state index in [1.54, 1.807) is 24.4 Å². The monoisotopic (exact) mass is 432 g/mol. The smallest absolute Gasteiger partial charge is 0.246 e. The highest BCUT2D eigenvalue weighted by atomic mass is 19.1. The Hall–Kier alpha value is -4.01. The summed E-state index contributed by atoms with van der Waals surface area (Å²) in [5.74, 6) is -0.768. The molecule has 8 nitrogen and oxygen atoms in total.